The number of phosphoric acid groups is 1. The molecule has 0 bridgehead atoms. The Kier molecular flexibility index (Phi) is 26.2. The highest BCUT2D eigenvalue weighted by molar-refractivity contribution is 7.61. The quantitative estimate of drug-likeness (QED) is 0.385. The van der Waals surface area contributed by atoms with Crippen molar-refractivity contribution in [3.63, 3.8) is 0 Å². The highest BCUT2D eigenvalue weighted by Crippen LogP contribution is 2.46. The fourth-order valence-electron chi connectivity index (χ4n) is 3.57. The summed E-state index contributed by atoms with van der Waals surface area (Å²) in [6.07, 6.45) is 0. The SMILES string of the molecule is CN(C)C.CN1CN(C)CN(C)C1.COP(=O)(OC)OC.CP(C)(C)=O.Cc1cc(C)cc(C)c1.Cc1nc(C)nc(C)n1. The lowest BCUT2D eigenvalue weighted by Crippen LogP contribution is -2.50. The van der Waals surface area contributed by atoms with Crippen LogP contribution in [0.4, 0.5) is 0 Å². The first-order valence-corrected chi connectivity index (χ1v) is 18.6. The Bertz CT molecular complexity index is 927. The second-order valence-corrected chi connectivity index (χ2v) is 17.6. The Morgan fingerprint density at radius 3 is 0.909 bits per heavy atom. The lowest BCUT2D eigenvalue weighted by molar-refractivity contribution is 0.0149. The van der Waals surface area contributed by atoms with Crippen LogP contribution in [-0.4, -0.2) is 138 Å². The molecule has 0 radical (unpaired) electrons. The molecule has 1 aromatic carbocycles. The smallest absolute Gasteiger partial charge is 0.324 e. The zero-order valence-electron chi connectivity index (χ0n) is 30.9. The Morgan fingerprint density at radius 1 is 0.591 bits per heavy atom. The third kappa shape index (κ3) is 33.3. The largest absolute Gasteiger partial charge is 0.473 e. The molecule has 1 aromatic heterocycles. The number of nitrogens with zero attached hydrogens (tertiary/aromatic N) is 7. The maximum Gasteiger partial charge on any atom is 0.473 e. The normalized spacial score (nSPS) is 13.8. The van der Waals surface area contributed by atoms with Crippen molar-refractivity contribution >= 4 is 15.0 Å². The van der Waals surface area contributed by atoms with Gasteiger partial charge in [-0.2, -0.15) is 0 Å². The van der Waals surface area contributed by atoms with E-state index in [-0.39, 0.29) is 0 Å². The molecule has 2 heterocycles. The van der Waals surface area contributed by atoms with E-state index in [0.717, 1.165) is 37.5 Å². The molecule has 1 fully saturated rings. The number of rotatable bonds is 3. The van der Waals surface area contributed by atoms with Gasteiger partial charge in [-0.05, 0) is 104 Å². The molecule has 0 saturated carbocycles. The first-order valence-electron chi connectivity index (χ1n) is 14.1. The Balaban J connectivity index is -0.000000469. The summed E-state index contributed by atoms with van der Waals surface area (Å²) in [5.74, 6) is 2.38. The van der Waals surface area contributed by atoms with Gasteiger partial charge in [0.2, 0.25) is 0 Å². The lowest BCUT2D eigenvalue weighted by Gasteiger charge is -2.36. The lowest BCUT2D eigenvalue weighted by atomic mass is 10.1. The van der Waals surface area contributed by atoms with Gasteiger partial charge in [0.25, 0.3) is 0 Å². The number of phosphoric ester groups is 1. The van der Waals surface area contributed by atoms with Gasteiger partial charge < -0.3 is 9.46 Å². The van der Waals surface area contributed by atoms with Gasteiger partial charge in [0.05, 0.1) is 27.1 Å². The van der Waals surface area contributed by atoms with E-state index in [1.165, 1.54) is 38.0 Å². The highest BCUT2D eigenvalue weighted by Gasteiger charge is 2.18. The van der Waals surface area contributed by atoms with Gasteiger partial charge in [-0.3, -0.25) is 28.3 Å². The Morgan fingerprint density at radius 2 is 0.773 bits per heavy atom. The highest BCUT2D eigenvalue weighted by atomic mass is 31.2. The van der Waals surface area contributed by atoms with Gasteiger partial charge >= 0.3 is 7.82 Å². The molecule has 1 aliphatic rings. The predicted octanol–water partition coefficient (Wildman–Crippen LogP) is 5.53. The molecular weight excluding hydrogens is 600 g/mol. The van der Waals surface area contributed by atoms with E-state index in [0.29, 0.717) is 0 Å². The Labute approximate surface area is 269 Å². The minimum Gasteiger partial charge on any atom is -0.324 e. The number of hydrogen-bond donors (Lipinski definition) is 0. The van der Waals surface area contributed by atoms with Gasteiger partial charge in [0.1, 0.15) is 17.5 Å². The molecule has 258 valence electrons. The van der Waals surface area contributed by atoms with E-state index in [4.69, 9.17) is 0 Å². The summed E-state index contributed by atoms with van der Waals surface area (Å²) < 4.78 is 33.9. The fourth-order valence-corrected chi connectivity index (χ4v) is 4.02. The molecule has 14 heteroatoms. The summed E-state index contributed by atoms with van der Waals surface area (Å²) in [7, 11) is 11.4. The van der Waals surface area contributed by atoms with Crippen molar-refractivity contribution in [2.24, 2.45) is 0 Å². The molecule has 44 heavy (non-hydrogen) atoms. The molecule has 1 aliphatic heterocycles. The first-order chi connectivity index (χ1) is 20.0. The van der Waals surface area contributed by atoms with Crippen LogP contribution in [0.25, 0.3) is 0 Å². The second kappa shape index (κ2) is 24.6. The molecule has 2 aromatic rings. The first kappa shape index (κ1) is 46.8. The molecule has 0 spiro atoms. The van der Waals surface area contributed by atoms with E-state index in [1.807, 2.05) is 46.8 Å². The predicted molar refractivity (Wildman–Crippen MR) is 186 cm³/mol. The summed E-state index contributed by atoms with van der Waals surface area (Å²) in [6, 6.07) is 6.56. The zero-order valence-corrected chi connectivity index (χ0v) is 32.7. The average Bonchev–Trinajstić information content (AvgIpc) is 2.81. The zero-order chi connectivity index (χ0) is 35.3. The molecule has 1 saturated heterocycles. The van der Waals surface area contributed by atoms with Crippen molar-refractivity contribution in [1.29, 1.82) is 0 Å². The van der Waals surface area contributed by atoms with Gasteiger partial charge in [0, 0.05) is 21.3 Å². The standard InChI is InChI=1S/C9H12.C6H15N3.C6H9N3.C3H9N.C3H9O4P.C3H9OP/c2*1-7-4-8(2)6-9(3)5-7;1-4-7-5(2)9-6(3)8-4;1-4(2)3;1-5-8(4,6-2)7-3;1-5(2,3)4/h4-6H,1-3H3;4-6H2,1-3H3;1-3H3;1-3H3;1-3H3;1-3H3. The van der Waals surface area contributed by atoms with E-state index in [2.05, 4.69) is 103 Å². The maximum atomic E-state index is 10.7. The van der Waals surface area contributed by atoms with Gasteiger partial charge in [-0.1, -0.05) is 34.9 Å². The van der Waals surface area contributed by atoms with Crippen molar-refractivity contribution in [1.82, 2.24) is 34.6 Å². The average molecular weight is 664 g/mol. The van der Waals surface area contributed by atoms with E-state index in [9.17, 15) is 9.13 Å². The van der Waals surface area contributed by atoms with Crippen LogP contribution in [-0.2, 0) is 22.7 Å². The van der Waals surface area contributed by atoms with Crippen LogP contribution >= 0.6 is 15.0 Å². The third-order valence-corrected chi connectivity index (χ3v) is 5.80. The summed E-state index contributed by atoms with van der Waals surface area (Å²) in [6.45, 7) is 20.5. The summed E-state index contributed by atoms with van der Waals surface area (Å²) >= 11 is 0. The van der Waals surface area contributed by atoms with Crippen LogP contribution in [0.1, 0.15) is 34.2 Å². The molecule has 0 N–H and O–H groups in total. The van der Waals surface area contributed by atoms with E-state index < -0.39 is 15.0 Å². The van der Waals surface area contributed by atoms with Gasteiger partial charge in [0.15, 0.2) is 0 Å². The van der Waals surface area contributed by atoms with E-state index >= 15 is 0 Å². The Hall–Kier alpha value is -1.59. The summed E-state index contributed by atoms with van der Waals surface area (Å²) in [5.41, 5.74) is 4.06. The molecule has 0 atom stereocenters. The van der Waals surface area contributed by atoms with Gasteiger partial charge in [-0.15, -0.1) is 0 Å². The van der Waals surface area contributed by atoms with Crippen LogP contribution in [0.5, 0.6) is 0 Å². The van der Waals surface area contributed by atoms with Crippen molar-refractivity contribution in [3.8, 4) is 0 Å². The van der Waals surface area contributed by atoms with Crippen LogP contribution in [0.15, 0.2) is 18.2 Å². The van der Waals surface area contributed by atoms with Crippen molar-refractivity contribution < 1.29 is 22.7 Å². The van der Waals surface area contributed by atoms with Crippen LogP contribution in [0.2, 0.25) is 0 Å². The summed E-state index contributed by atoms with van der Waals surface area (Å²) in [4.78, 5) is 20.9. The minimum absolute atomic E-state index is 0.792. The number of aromatic nitrogens is 3. The molecule has 3 rings (SSSR count). The van der Waals surface area contributed by atoms with Crippen LogP contribution in [0, 0.1) is 41.5 Å². The molecule has 0 amide bonds. The second-order valence-electron chi connectivity index (χ2n) is 11.9. The molecule has 0 unspecified atom stereocenters. The van der Waals surface area contributed by atoms with Gasteiger partial charge in [-0.25, -0.2) is 19.5 Å². The number of aryl methyl sites for hydroxylation is 6. The van der Waals surface area contributed by atoms with Crippen LogP contribution < -0.4 is 0 Å². The van der Waals surface area contributed by atoms with Crippen molar-refractivity contribution in [2.45, 2.75) is 41.5 Å². The third-order valence-electron chi connectivity index (χ3n) is 4.46. The monoisotopic (exact) mass is 663 g/mol. The number of hydrogen-bond acceptors (Lipinski definition) is 12. The summed E-state index contributed by atoms with van der Waals surface area (Å²) in [5, 5.41) is 0. The molecular formula is C30H63N7O5P2. The number of benzene rings is 1. The maximum absolute atomic E-state index is 10.7. The molecule has 0 aliphatic carbocycles. The van der Waals surface area contributed by atoms with Crippen molar-refractivity contribution in [3.05, 3.63) is 52.4 Å². The topological polar surface area (TPSA) is 113 Å². The fraction of sp³-hybridized carbons (Fsp3) is 0.700. The van der Waals surface area contributed by atoms with Crippen molar-refractivity contribution in [2.75, 3.05) is 104 Å². The minimum atomic E-state index is -3.16. The van der Waals surface area contributed by atoms with Crippen LogP contribution in [0.3, 0.4) is 0 Å². The molecule has 12 nitrogen and oxygen atoms in total. The van der Waals surface area contributed by atoms with E-state index in [1.54, 1.807) is 20.0 Å².